The number of carbonyl (C=O) groups is 1. The highest BCUT2D eigenvalue weighted by molar-refractivity contribution is 5.32. The summed E-state index contributed by atoms with van der Waals surface area (Å²) in [4.78, 5) is 8.00. The lowest BCUT2D eigenvalue weighted by Crippen LogP contribution is -1.87. The molecule has 0 aliphatic heterocycles. The van der Waals surface area contributed by atoms with Crippen molar-refractivity contribution >= 4 is 6.79 Å². The lowest BCUT2D eigenvalue weighted by molar-refractivity contribution is -0.0980. The van der Waals surface area contributed by atoms with Crippen molar-refractivity contribution in [2.45, 2.75) is 110 Å². The molecule has 2 aromatic carbocycles. The molecule has 0 heterocycles. The number of para-hydroxylation sites is 2. The van der Waals surface area contributed by atoms with Gasteiger partial charge in [-0.25, -0.2) is 0 Å². The SMILES string of the molecule is C=O.CCCCCCCCCc1ccccc1O.CCCCCCCCc1ccccc1O. The number of hydrogen-bond acceptors (Lipinski definition) is 3. The summed E-state index contributed by atoms with van der Waals surface area (Å²) in [6, 6.07) is 15.3. The van der Waals surface area contributed by atoms with E-state index in [0.717, 1.165) is 24.0 Å². The molecule has 186 valence electrons. The highest BCUT2D eigenvalue weighted by Crippen LogP contribution is 2.19. The second-order valence-electron chi connectivity index (χ2n) is 8.65. The van der Waals surface area contributed by atoms with Crippen molar-refractivity contribution in [1.82, 2.24) is 0 Å². The Morgan fingerprint density at radius 1 is 0.515 bits per heavy atom. The molecule has 3 nitrogen and oxygen atoms in total. The van der Waals surface area contributed by atoms with Crippen molar-refractivity contribution in [1.29, 1.82) is 0 Å². The molecule has 3 heteroatoms. The van der Waals surface area contributed by atoms with Crippen LogP contribution < -0.4 is 0 Å². The lowest BCUT2D eigenvalue weighted by Gasteiger charge is -2.04. The van der Waals surface area contributed by atoms with E-state index in [0.29, 0.717) is 11.5 Å². The number of benzene rings is 2. The molecule has 2 aromatic rings. The first-order chi connectivity index (χ1) is 16.2. The zero-order chi connectivity index (χ0) is 24.6. The van der Waals surface area contributed by atoms with Crippen molar-refractivity contribution in [3.05, 3.63) is 59.7 Å². The van der Waals surface area contributed by atoms with Crippen LogP contribution in [0, 0.1) is 0 Å². The molecule has 0 spiro atoms. The van der Waals surface area contributed by atoms with Gasteiger partial charge in [0.15, 0.2) is 0 Å². The molecule has 0 atom stereocenters. The maximum absolute atomic E-state index is 9.58. The Morgan fingerprint density at radius 2 is 0.818 bits per heavy atom. The first-order valence-electron chi connectivity index (χ1n) is 13.0. The highest BCUT2D eigenvalue weighted by atomic mass is 16.3. The van der Waals surface area contributed by atoms with E-state index in [2.05, 4.69) is 13.8 Å². The molecular weight excluding hydrogens is 408 g/mol. The Balaban J connectivity index is 0.000000578. The van der Waals surface area contributed by atoms with E-state index in [4.69, 9.17) is 4.79 Å². The van der Waals surface area contributed by atoms with Gasteiger partial charge in [-0.3, -0.25) is 0 Å². The van der Waals surface area contributed by atoms with Gasteiger partial charge in [-0.15, -0.1) is 0 Å². The average Bonchev–Trinajstić information content (AvgIpc) is 2.84. The number of carbonyl (C=O) groups excluding carboxylic acids is 1. The number of rotatable bonds is 15. The zero-order valence-corrected chi connectivity index (χ0v) is 21.2. The third-order valence-corrected chi connectivity index (χ3v) is 5.83. The molecule has 0 saturated heterocycles. The Bertz CT molecular complexity index is 684. The summed E-state index contributed by atoms with van der Waals surface area (Å²) in [5.74, 6) is 0.902. The van der Waals surface area contributed by atoms with Gasteiger partial charge in [0.25, 0.3) is 0 Å². The average molecular weight is 457 g/mol. The Hall–Kier alpha value is -2.29. The van der Waals surface area contributed by atoms with Crippen LogP contribution in [0.2, 0.25) is 0 Å². The summed E-state index contributed by atoms with van der Waals surface area (Å²) < 4.78 is 0. The minimum Gasteiger partial charge on any atom is -0.508 e. The fraction of sp³-hybridized carbons (Fsp3) is 0.567. The topological polar surface area (TPSA) is 57.5 Å². The molecule has 2 N–H and O–H groups in total. The molecule has 0 aromatic heterocycles. The fourth-order valence-corrected chi connectivity index (χ4v) is 3.81. The van der Waals surface area contributed by atoms with E-state index < -0.39 is 0 Å². The van der Waals surface area contributed by atoms with Crippen molar-refractivity contribution in [3.63, 3.8) is 0 Å². The van der Waals surface area contributed by atoms with Crippen LogP contribution in [0.5, 0.6) is 11.5 Å². The first-order valence-corrected chi connectivity index (χ1v) is 13.0. The van der Waals surface area contributed by atoms with Crippen molar-refractivity contribution in [3.8, 4) is 11.5 Å². The monoisotopic (exact) mass is 456 g/mol. The number of aromatic hydroxyl groups is 2. The van der Waals surface area contributed by atoms with E-state index in [1.54, 1.807) is 12.1 Å². The van der Waals surface area contributed by atoms with E-state index in [1.807, 2.05) is 43.2 Å². The van der Waals surface area contributed by atoms with Gasteiger partial charge < -0.3 is 15.0 Å². The largest absolute Gasteiger partial charge is 0.508 e. The Kier molecular flexibility index (Phi) is 21.3. The quantitative estimate of drug-likeness (QED) is 0.263. The molecule has 0 fully saturated rings. The second-order valence-corrected chi connectivity index (χ2v) is 8.65. The van der Waals surface area contributed by atoms with E-state index in [9.17, 15) is 10.2 Å². The first kappa shape index (κ1) is 30.7. The summed E-state index contributed by atoms with van der Waals surface area (Å²) in [6.45, 7) is 6.49. The number of phenolic OH excluding ortho intramolecular Hbond substituents is 2. The normalized spacial score (nSPS) is 10.0. The van der Waals surface area contributed by atoms with Crippen LogP contribution in [0.4, 0.5) is 0 Å². The van der Waals surface area contributed by atoms with Gasteiger partial charge in [0.1, 0.15) is 18.3 Å². The fourth-order valence-electron chi connectivity index (χ4n) is 3.81. The smallest absolute Gasteiger partial charge is 0.118 e. The van der Waals surface area contributed by atoms with Gasteiger partial charge in [0.05, 0.1) is 0 Å². The van der Waals surface area contributed by atoms with Crippen molar-refractivity contribution in [2.24, 2.45) is 0 Å². The van der Waals surface area contributed by atoms with Crippen molar-refractivity contribution in [2.75, 3.05) is 0 Å². The van der Waals surface area contributed by atoms with Gasteiger partial charge in [-0.1, -0.05) is 121 Å². The molecule has 0 amide bonds. The van der Waals surface area contributed by atoms with Crippen LogP contribution in [0.25, 0.3) is 0 Å². The van der Waals surface area contributed by atoms with E-state index in [-0.39, 0.29) is 0 Å². The van der Waals surface area contributed by atoms with Crippen molar-refractivity contribution < 1.29 is 15.0 Å². The zero-order valence-electron chi connectivity index (χ0n) is 21.2. The second kappa shape index (κ2) is 22.9. The van der Waals surface area contributed by atoms with E-state index >= 15 is 0 Å². The third kappa shape index (κ3) is 16.9. The summed E-state index contributed by atoms with van der Waals surface area (Å²) in [7, 11) is 0. The molecule has 33 heavy (non-hydrogen) atoms. The number of unbranched alkanes of at least 4 members (excludes halogenated alkanes) is 11. The Labute approximate surface area is 203 Å². The minimum atomic E-state index is 0.450. The van der Waals surface area contributed by atoms with E-state index in [1.165, 1.54) is 83.5 Å². The summed E-state index contributed by atoms with van der Waals surface area (Å²) >= 11 is 0. The number of phenols is 2. The summed E-state index contributed by atoms with van der Waals surface area (Å²) in [6.07, 6.45) is 19.1. The van der Waals surface area contributed by atoms with Crippen LogP contribution in [-0.2, 0) is 17.6 Å². The predicted octanol–water partition coefficient (Wildman–Crippen LogP) is 8.80. The summed E-state index contributed by atoms with van der Waals surface area (Å²) in [5, 5.41) is 19.1. The Morgan fingerprint density at radius 3 is 1.15 bits per heavy atom. The molecule has 0 aliphatic carbocycles. The summed E-state index contributed by atoms with van der Waals surface area (Å²) in [5.41, 5.74) is 2.18. The lowest BCUT2D eigenvalue weighted by atomic mass is 10.0. The maximum Gasteiger partial charge on any atom is 0.118 e. The molecular formula is C30H48O3. The third-order valence-electron chi connectivity index (χ3n) is 5.83. The molecule has 0 radical (unpaired) electrons. The minimum absolute atomic E-state index is 0.450. The molecule has 0 saturated carbocycles. The van der Waals surface area contributed by atoms with Gasteiger partial charge in [-0.2, -0.15) is 0 Å². The van der Waals surface area contributed by atoms with Gasteiger partial charge in [0, 0.05) is 0 Å². The number of aryl methyl sites for hydroxylation is 2. The van der Waals surface area contributed by atoms with Gasteiger partial charge in [-0.05, 0) is 48.9 Å². The molecule has 0 unspecified atom stereocenters. The van der Waals surface area contributed by atoms with Crippen LogP contribution >= 0.6 is 0 Å². The van der Waals surface area contributed by atoms with Gasteiger partial charge >= 0.3 is 0 Å². The predicted molar refractivity (Wildman–Crippen MR) is 142 cm³/mol. The molecule has 2 rings (SSSR count). The molecule has 0 bridgehead atoms. The van der Waals surface area contributed by atoms with Crippen LogP contribution in [0.15, 0.2) is 48.5 Å². The standard InChI is InChI=1S/C15H24O.C14H22O.CH2O/c1-2-3-4-5-6-7-8-11-14-12-9-10-13-15(14)16;1-2-3-4-5-6-7-10-13-11-8-9-12-14(13)15;1-2/h9-10,12-13,16H,2-8,11H2,1H3;8-9,11-12,15H,2-7,10H2,1H3;1H2. The number of hydrogen-bond donors (Lipinski definition) is 2. The highest BCUT2D eigenvalue weighted by Gasteiger charge is 1.99. The van der Waals surface area contributed by atoms with Crippen LogP contribution in [0.1, 0.15) is 108 Å². The van der Waals surface area contributed by atoms with Crippen LogP contribution in [-0.4, -0.2) is 17.0 Å². The van der Waals surface area contributed by atoms with Gasteiger partial charge in [0.2, 0.25) is 0 Å². The van der Waals surface area contributed by atoms with Crippen LogP contribution in [0.3, 0.4) is 0 Å². The molecule has 0 aliphatic rings. The maximum atomic E-state index is 9.58.